The lowest BCUT2D eigenvalue weighted by Crippen LogP contribution is -2.54. The molecule has 1 aliphatic rings. The molecule has 1 heterocycles. The second kappa shape index (κ2) is 21.5. The third kappa shape index (κ3) is 12.1. The number of aliphatic hydroxyl groups is 3. The molecular weight excluding hydrogens is 630 g/mol. The van der Waals surface area contributed by atoms with Crippen molar-refractivity contribution in [2.45, 2.75) is 121 Å². The molecule has 6 N–H and O–H groups in total. The Morgan fingerprint density at radius 1 is 0.860 bits per heavy atom. The SMILES string of the molecule is CCCCCCN(CCCN[C@@H](CCc1ccc(CCCCC)c2ccccc12)C(N)=O)C[C@H](O)[C@@H](O)[C@@H]1OC(c2ccccc2)OC[C@H]1O. The molecule has 9 heteroatoms. The van der Waals surface area contributed by atoms with Gasteiger partial charge in [0.15, 0.2) is 6.29 Å². The van der Waals surface area contributed by atoms with Crippen LogP contribution in [0.4, 0.5) is 0 Å². The number of carbonyl (C=O) groups excluding carboxylic acids is 1. The van der Waals surface area contributed by atoms with Crippen LogP contribution in [0.1, 0.15) is 94.6 Å². The molecule has 6 atom stereocenters. The topological polar surface area (TPSA) is 138 Å². The third-order valence-electron chi connectivity index (χ3n) is 9.90. The zero-order chi connectivity index (χ0) is 35.7. The Morgan fingerprint density at radius 2 is 1.50 bits per heavy atom. The van der Waals surface area contributed by atoms with Crippen LogP contribution in [0.25, 0.3) is 10.8 Å². The second-order valence-electron chi connectivity index (χ2n) is 13.9. The third-order valence-corrected chi connectivity index (χ3v) is 9.90. The average Bonchev–Trinajstić information content (AvgIpc) is 3.13. The van der Waals surface area contributed by atoms with Crippen LogP contribution in [0.2, 0.25) is 0 Å². The molecular formula is C41H61N3O6. The monoisotopic (exact) mass is 691 g/mol. The van der Waals surface area contributed by atoms with Crippen molar-refractivity contribution in [3.05, 3.63) is 83.4 Å². The van der Waals surface area contributed by atoms with Crippen molar-refractivity contribution in [3.8, 4) is 0 Å². The number of carbonyl (C=O) groups is 1. The van der Waals surface area contributed by atoms with Gasteiger partial charge in [-0.3, -0.25) is 4.79 Å². The summed E-state index contributed by atoms with van der Waals surface area (Å²) in [5.41, 5.74) is 9.25. The van der Waals surface area contributed by atoms with Crippen molar-refractivity contribution < 1.29 is 29.6 Å². The molecule has 4 rings (SSSR count). The molecule has 276 valence electrons. The van der Waals surface area contributed by atoms with E-state index in [9.17, 15) is 20.1 Å². The first kappa shape index (κ1) is 39.9. The lowest BCUT2D eigenvalue weighted by Gasteiger charge is -2.38. The van der Waals surface area contributed by atoms with Crippen LogP contribution >= 0.6 is 0 Å². The molecule has 0 saturated carbocycles. The van der Waals surface area contributed by atoms with Crippen LogP contribution < -0.4 is 11.1 Å². The summed E-state index contributed by atoms with van der Waals surface area (Å²) in [5, 5.41) is 38.8. The van der Waals surface area contributed by atoms with E-state index in [0.29, 0.717) is 19.5 Å². The van der Waals surface area contributed by atoms with Gasteiger partial charge in [-0.25, -0.2) is 0 Å². The lowest BCUT2D eigenvalue weighted by atomic mass is 9.93. The van der Waals surface area contributed by atoms with Crippen LogP contribution in [0.5, 0.6) is 0 Å². The van der Waals surface area contributed by atoms with Crippen molar-refractivity contribution >= 4 is 16.7 Å². The standard InChI is InChI=1S/C41H61N3O6/c1-3-5-7-14-26-44(28-36(45)38(47)39-37(46)29-49-41(50-39)32-17-10-8-11-18-32)27-15-25-43-35(40(42)48)24-23-31-22-21-30(16-9-6-4-2)33-19-12-13-20-34(31)33/h8,10-13,17-22,35-39,41,43,45-47H,3-7,9,14-16,23-29H2,1-2H3,(H2,42,48)/t35-,36-,37+,38+,39+,41?/m0/s1. The molecule has 0 spiro atoms. The van der Waals surface area contributed by atoms with Crippen LogP contribution in [-0.2, 0) is 27.1 Å². The highest BCUT2D eigenvalue weighted by Gasteiger charge is 2.39. The summed E-state index contributed by atoms with van der Waals surface area (Å²) in [7, 11) is 0. The lowest BCUT2D eigenvalue weighted by molar-refractivity contribution is -0.283. The minimum absolute atomic E-state index is 0.00200. The van der Waals surface area contributed by atoms with E-state index in [2.05, 4.69) is 60.5 Å². The van der Waals surface area contributed by atoms with E-state index < -0.39 is 36.7 Å². The van der Waals surface area contributed by atoms with Crippen LogP contribution in [0, 0.1) is 0 Å². The van der Waals surface area contributed by atoms with E-state index >= 15 is 0 Å². The Balaban J connectivity index is 1.30. The molecule has 50 heavy (non-hydrogen) atoms. The Morgan fingerprint density at radius 3 is 2.18 bits per heavy atom. The largest absolute Gasteiger partial charge is 0.389 e. The molecule has 1 saturated heterocycles. The normalized spacial score (nSPS) is 19.8. The maximum Gasteiger partial charge on any atom is 0.234 e. The van der Waals surface area contributed by atoms with Crippen molar-refractivity contribution in [1.29, 1.82) is 0 Å². The fourth-order valence-corrected chi connectivity index (χ4v) is 6.94. The fraction of sp³-hybridized carbons (Fsp3) is 0.585. The first-order valence-corrected chi connectivity index (χ1v) is 18.9. The van der Waals surface area contributed by atoms with Crippen molar-refractivity contribution in [2.24, 2.45) is 5.73 Å². The number of amides is 1. The second-order valence-corrected chi connectivity index (χ2v) is 13.9. The van der Waals surface area contributed by atoms with Gasteiger partial charge in [-0.1, -0.05) is 113 Å². The molecule has 1 amide bonds. The van der Waals surface area contributed by atoms with Crippen LogP contribution in [0.15, 0.2) is 66.7 Å². The van der Waals surface area contributed by atoms with Crippen molar-refractivity contribution in [1.82, 2.24) is 10.2 Å². The minimum Gasteiger partial charge on any atom is -0.389 e. The summed E-state index contributed by atoms with van der Waals surface area (Å²) in [6.45, 7) is 6.67. The first-order chi connectivity index (χ1) is 24.3. The summed E-state index contributed by atoms with van der Waals surface area (Å²) in [4.78, 5) is 14.6. The molecule has 1 aliphatic heterocycles. The van der Waals surface area contributed by atoms with Gasteiger partial charge in [0, 0.05) is 12.1 Å². The summed E-state index contributed by atoms with van der Waals surface area (Å²) in [6, 6.07) is 21.9. The number of unbranched alkanes of at least 4 members (excludes halogenated alkanes) is 5. The molecule has 0 bridgehead atoms. The molecule has 3 aromatic carbocycles. The predicted octanol–water partition coefficient (Wildman–Crippen LogP) is 5.42. The smallest absolute Gasteiger partial charge is 0.234 e. The fourth-order valence-electron chi connectivity index (χ4n) is 6.94. The highest BCUT2D eigenvalue weighted by atomic mass is 16.7. The number of aliphatic hydroxyl groups excluding tert-OH is 3. The summed E-state index contributed by atoms with van der Waals surface area (Å²) >= 11 is 0. The number of nitrogens with two attached hydrogens (primary N) is 1. The minimum atomic E-state index is -1.29. The number of benzene rings is 3. The Kier molecular flexibility index (Phi) is 17.1. The van der Waals surface area contributed by atoms with Crippen molar-refractivity contribution in [2.75, 3.05) is 32.8 Å². The number of ether oxygens (including phenoxy) is 2. The number of aryl methyl sites for hydroxylation is 2. The maximum atomic E-state index is 12.5. The zero-order valence-corrected chi connectivity index (χ0v) is 30.2. The highest BCUT2D eigenvalue weighted by Crippen LogP contribution is 2.29. The van der Waals surface area contributed by atoms with Gasteiger partial charge >= 0.3 is 0 Å². The van der Waals surface area contributed by atoms with E-state index in [4.69, 9.17) is 15.2 Å². The quantitative estimate of drug-likeness (QED) is 0.0833. The Labute approximate surface area is 299 Å². The van der Waals surface area contributed by atoms with Crippen molar-refractivity contribution in [3.63, 3.8) is 0 Å². The number of fused-ring (bicyclic) bond motifs is 1. The van der Waals surface area contributed by atoms with Crippen LogP contribution in [0.3, 0.4) is 0 Å². The van der Waals surface area contributed by atoms with E-state index in [0.717, 1.165) is 57.1 Å². The highest BCUT2D eigenvalue weighted by molar-refractivity contribution is 5.89. The average molecular weight is 692 g/mol. The van der Waals surface area contributed by atoms with Gasteiger partial charge in [0.2, 0.25) is 5.91 Å². The molecule has 9 nitrogen and oxygen atoms in total. The molecule has 0 aliphatic carbocycles. The maximum absolute atomic E-state index is 12.5. The van der Waals surface area contributed by atoms with E-state index in [1.54, 1.807) is 0 Å². The van der Waals surface area contributed by atoms with E-state index in [1.807, 2.05) is 30.3 Å². The number of nitrogens with one attached hydrogen (secondary N) is 1. The zero-order valence-electron chi connectivity index (χ0n) is 30.2. The Bertz CT molecular complexity index is 1410. The molecule has 0 radical (unpaired) electrons. The predicted molar refractivity (Wildman–Crippen MR) is 200 cm³/mol. The summed E-state index contributed by atoms with van der Waals surface area (Å²) in [5.74, 6) is -0.357. The number of hydrogen-bond donors (Lipinski definition) is 5. The van der Waals surface area contributed by atoms with Gasteiger partial charge in [0.1, 0.15) is 18.3 Å². The van der Waals surface area contributed by atoms with Gasteiger partial charge in [-0.2, -0.15) is 0 Å². The molecule has 1 fully saturated rings. The number of nitrogens with zero attached hydrogens (tertiary/aromatic N) is 1. The van der Waals surface area contributed by atoms with Gasteiger partial charge in [-0.05, 0) is 80.1 Å². The van der Waals surface area contributed by atoms with Gasteiger partial charge < -0.3 is 40.7 Å². The van der Waals surface area contributed by atoms with Gasteiger partial charge in [0.25, 0.3) is 0 Å². The summed E-state index contributed by atoms with van der Waals surface area (Å²) in [6.07, 6.45) is 5.91. The first-order valence-electron chi connectivity index (χ1n) is 18.9. The molecule has 3 aromatic rings. The van der Waals surface area contributed by atoms with E-state index in [1.165, 1.54) is 41.2 Å². The molecule has 1 unspecified atom stereocenters. The van der Waals surface area contributed by atoms with Gasteiger partial charge in [-0.15, -0.1) is 0 Å². The van der Waals surface area contributed by atoms with E-state index in [-0.39, 0.29) is 19.1 Å². The molecule has 0 aromatic heterocycles. The van der Waals surface area contributed by atoms with Crippen LogP contribution in [-0.4, -0.2) is 89.4 Å². The number of rotatable bonds is 23. The summed E-state index contributed by atoms with van der Waals surface area (Å²) < 4.78 is 11.6. The number of primary amides is 1. The van der Waals surface area contributed by atoms with Gasteiger partial charge in [0.05, 0.1) is 18.8 Å². The Hall–Kier alpha value is -2.89. The number of hydrogen-bond acceptors (Lipinski definition) is 8.